The lowest BCUT2D eigenvalue weighted by Gasteiger charge is -2.11. The van der Waals surface area contributed by atoms with Gasteiger partial charge in [-0.1, -0.05) is 12.1 Å². The van der Waals surface area contributed by atoms with Gasteiger partial charge in [-0.05, 0) is 72.4 Å². The van der Waals surface area contributed by atoms with Gasteiger partial charge in [-0.15, -0.1) is 0 Å². The van der Waals surface area contributed by atoms with Crippen LogP contribution in [0.15, 0.2) is 12.1 Å². The van der Waals surface area contributed by atoms with E-state index in [2.05, 4.69) is 26.0 Å². The van der Waals surface area contributed by atoms with Crippen molar-refractivity contribution in [2.45, 2.75) is 51.0 Å². The van der Waals surface area contributed by atoms with Gasteiger partial charge in [0.25, 0.3) is 0 Å². The Kier molecular flexibility index (Phi) is 5.04. The van der Waals surface area contributed by atoms with Gasteiger partial charge in [0.2, 0.25) is 0 Å². The number of rotatable bonds is 4. The maximum Gasteiger partial charge on any atom is 0.133 e. The minimum Gasteiger partial charge on any atom is -0.0507 e. The summed E-state index contributed by atoms with van der Waals surface area (Å²) in [6, 6.07) is 5.05. The summed E-state index contributed by atoms with van der Waals surface area (Å²) < 4.78 is 0. The third-order valence-corrected chi connectivity index (χ3v) is 9.65. The molecule has 0 bridgehead atoms. The Labute approximate surface area is 130 Å². The van der Waals surface area contributed by atoms with Crippen molar-refractivity contribution in [2.24, 2.45) is 0 Å². The van der Waals surface area contributed by atoms with Gasteiger partial charge >= 0.3 is 0 Å². The van der Waals surface area contributed by atoms with Gasteiger partial charge in [0.05, 0.1) is 0 Å². The smallest absolute Gasteiger partial charge is 0.0507 e. The van der Waals surface area contributed by atoms with Gasteiger partial charge in [0.15, 0.2) is 0 Å². The zero-order valence-corrected chi connectivity index (χ0v) is 14.7. The van der Waals surface area contributed by atoms with Gasteiger partial charge in [0.1, 0.15) is 34.5 Å². The molecule has 20 heavy (non-hydrogen) atoms. The van der Waals surface area contributed by atoms with E-state index in [4.69, 9.17) is 0 Å². The Bertz CT molecular complexity index is 411. The molecule has 2 heteroatoms. The van der Waals surface area contributed by atoms with Crippen LogP contribution in [0.3, 0.4) is 0 Å². The van der Waals surface area contributed by atoms with Crippen LogP contribution in [0.2, 0.25) is 0 Å². The average Bonchev–Trinajstić information content (AvgIpc) is 3.08. The van der Waals surface area contributed by atoms with Crippen LogP contribution in [0.5, 0.6) is 0 Å². The summed E-state index contributed by atoms with van der Waals surface area (Å²) in [4.78, 5) is 0. The summed E-state index contributed by atoms with van der Waals surface area (Å²) in [6.45, 7) is 4.69. The van der Waals surface area contributed by atoms with Crippen molar-refractivity contribution < 1.29 is 0 Å². The maximum atomic E-state index is 2.52. The van der Waals surface area contributed by atoms with E-state index < -0.39 is 0 Å². The van der Waals surface area contributed by atoms with Gasteiger partial charge < -0.3 is 0 Å². The molecule has 0 N–H and O–H groups in total. The molecule has 2 aliphatic rings. The highest BCUT2D eigenvalue weighted by Gasteiger charge is 2.27. The second-order valence-electron chi connectivity index (χ2n) is 6.45. The van der Waals surface area contributed by atoms with E-state index in [-0.39, 0.29) is 0 Å². The second-order valence-corrected chi connectivity index (χ2v) is 11.1. The van der Waals surface area contributed by atoms with Crippen LogP contribution in [-0.4, -0.2) is 23.0 Å². The van der Waals surface area contributed by atoms with Gasteiger partial charge in [0, 0.05) is 11.1 Å². The molecule has 0 saturated carbocycles. The lowest BCUT2D eigenvalue weighted by molar-refractivity contribution is 0.949. The van der Waals surface area contributed by atoms with E-state index >= 15 is 0 Å². The first-order chi connectivity index (χ1) is 9.72. The molecule has 2 aliphatic heterocycles. The first-order valence-corrected chi connectivity index (χ1v) is 11.6. The molecule has 2 saturated heterocycles. The zero-order chi connectivity index (χ0) is 13.9. The van der Waals surface area contributed by atoms with E-state index in [9.17, 15) is 0 Å². The SMILES string of the molecule is Cc1cc(C[S+]2CCCC2)c(C)cc1C[S+]1CCCC1. The monoisotopic (exact) mass is 308 g/mol. The van der Waals surface area contributed by atoms with Crippen molar-refractivity contribution in [1.82, 2.24) is 0 Å². The minimum absolute atomic E-state index is 0.694. The lowest BCUT2D eigenvalue weighted by atomic mass is 10.0. The summed E-state index contributed by atoms with van der Waals surface area (Å²) in [5.41, 5.74) is 6.41. The molecule has 0 nitrogen and oxygen atoms in total. The van der Waals surface area contributed by atoms with E-state index in [1.165, 1.54) is 60.2 Å². The normalized spacial score (nSPS) is 20.9. The molecule has 2 fully saturated rings. The highest BCUT2D eigenvalue weighted by Crippen LogP contribution is 2.26. The molecule has 0 amide bonds. The molecule has 1 aromatic carbocycles. The fraction of sp³-hybridized carbons (Fsp3) is 0.667. The van der Waals surface area contributed by atoms with Crippen molar-refractivity contribution in [1.29, 1.82) is 0 Å². The predicted octanol–water partition coefficient (Wildman–Crippen LogP) is 4.13. The first kappa shape index (κ1) is 14.8. The molecule has 3 rings (SSSR count). The van der Waals surface area contributed by atoms with Crippen molar-refractivity contribution in [2.75, 3.05) is 23.0 Å². The molecule has 0 unspecified atom stereocenters. The summed E-state index contributed by atoms with van der Waals surface area (Å²) in [5.74, 6) is 8.68. The third-order valence-electron chi connectivity index (χ3n) is 4.75. The summed E-state index contributed by atoms with van der Waals surface area (Å²) in [6.07, 6.45) is 5.90. The van der Waals surface area contributed by atoms with E-state index in [0.717, 1.165) is 0 Å². The fourth-order valence-electron chi connectivity index (χ4n) is 3.40. The summed E-state index contributed by atoms with van der Waals surface area (Å²) in [7, 11) is 1.39. The number of aryl methyl sites for hydroxylation is 2. The largest absolute Gasteiger partial charge is 0.133 e. The highest BCUT2D eigenvalue weighted by molar-refractivity contribution is 7.96. The Hall–Kier alpha value is -0.0800. The number of benzene rings is 1. The van der Waals surface area contributed by atoms with Crippen LogP contribution in [0.4, 0.5) is 0 Å². The highest BCUT2D eigenvalue weighted by atomic mass is 32.2. The predicted molar refractivity (Wildman–Crippen MR) is 96.0 cm³/mol. The fourth-order valence-corrected chi connectivity index (χ4v) is 8.34. The Balaban J connectivity index is 1.71. The summed E-state index contributed by atoms with van der Waals surface area (Å²) in [5, 5.41) is 0. The quantitative estimate of drug-likeness (QED) is 0.734. The van der Waals surface area contributed by atoms with Crippen LogP contribution in [0.25, 0.3) is 0 Å². The molecular formula is C18H28S2+2. The molecule has 0 radical (unpaired) electrons. The average molecular weight is 309 g/mol. The van der Waals surface area contributed by atoms with Gasteiger partial charge in [-0.3, -0.25) is 0 Å². The van der Waals surface area contributed by atoms with Crippen molar-refractivity contribution in [3.05, 3.63) is 34.4 Å². The van der Waals surface area contributed by atoms with Crippen LogP contribution in [-0.2, 0) is 33.3 Å². The molecule has 2 heterocycles. The van der Waals surface area contributed by atoms with Gasteiger partial charge in [-0.25, -0.2) is 0 Å². The molecule has 110 valence electrons. The molecular weight excluding hydrogens is 280 g/mol. The Morgan fingerprint density at radius 3 is 1.40 bits per heavy atom. The van der Waals surface area contributed by atoms with E-state index in [1.807, 2.05) is 0 Å². The molecule has 0 aromatic heterocycles. The van der Waals surface area contributed by atoms with E-state index in [1.54, 1.807) is 22.3 Å². The molecule has 0 aliphatic carbocycles. The standard InChI is InChI=1S/C18H28S2/c1-15-11-18(14-20-9-5-6-10-20)16(2)12-17(15)13-19-7-3-4-8-19/h11-12H,3-10,13-14H2,1-2H3/q+2. The molecule has 0 spiro atoms. The van der Waals surface area contributed by atoms with Crippen molar-refractivity contribution in [3.8, 4) is 0 Å². The lowest BCUT2D eigenvalue weighted by Crippen LogP contribution is -2.11. The second kappa shape index (κ2) is 6.79. The van der Waals surface area contributed by atoms with Crippen LogP contribution < -0.4 is 0 Å². The van der Waals surface area contributed by atoms with Gasteiger partial charge in [-0.2, -0.15) is 0 Å². The minimum atomic E-state index is 0.694. The third kappa shape index (κ3) is 3.57. The summed E-state index contributed by atoms with van der Waals surface area (Å²) >= 11 is 0. The van der Waals surface area contributed by atoms with Crippen LogP contribution >= 0.6 is 0 Å². The van der Waals surface area contributed by atoms with Crippen molar-refractivity contribution >= 4 is 21.8 Å². The van der Waals surface area contributed by atoms with Crippen LogP contribution in [0.1, 0.15) is 47.9 Å². The molecule has 1 aromatic rings. The van der Waals surface area contributed by atoms with Crippen molar-refractivity contribution in [3.63, 3.8) is 0 Å². The zero-order valence-electron chi connectivity index (χ0n) is 13.0. The Morgan fingerprint density at radius 2 is 1.05 bits per heavy atom. The Morgan fingerprint density at radius 1 is 0.700 bits per heavy atom. The maximum absolute atomic E-state index is 2.52. The first-order valence-electron chi connectivity index (χ1n) is 8.09. The van der Waals surface area contributed by atoms with Crippen LogP contribution in [0, 0.1) is 13.8 Å². The number of hydrogen-bond acceptors (Lipinski definition) is 0. The number of hydrogen-bond donors (Lipinski definition) is 0. The van der Waals surface area contributed by atoms with E-state index in [0.29, 0.717) is 21.8 Å². The molecule has 0 atom stereocenters. The topological polar surface area (TPSA) is 0 Å².